The molecular weight excluding hydrogens is 468 g/mol. The van der Waals surface area contributed by atoms with Crippen molar-refractivity contribution in [3.8, 4) is 0 Å². The van der Waals surface area contributed by atoms with Crippen LogP contribution in [0.4, 0.5) is 5.69 Å². The Morgan fingerprint density at radius 3 is 2.22 bits per heavy atom. The first-order valence-corrected chi connectivity index (χ1v) is 11.6. The second-order valence-corrected chi connectivity index (χ2v) is 7.90. The number of nitrogens with one attached hydrogen (secondary N) is 2. The summed E-state index contributed by atoms with van der Waals surface area (Å²) in [5, 5.41) is 9.72. The van der Waals surface area contributed by atoms with Crippen molar-refractivity contribution in [3.63, 3.8) is 0 Å². The fraction of sp³-hybridized carbons (Fsp3) is 0.440. The fourth-order valence-corrected chi connectivity index (χ4v) is 2.37. The summed E-state index contributed by atoms with van der Waals surface area (Å²) in [5.74, 6) is -0.160. The van der Waals surface area contributed by atoms with Gasteiger partial charge in [0.15, 0.2) is 5.78 Å². The highest BCUT2D eigenvalue weighted by Gasteiger charge is 2.12. The number of hydrogen-bond acceptors (Lipinski definition) is 5. The van der Waals surface area contributed by atoms with Crippen molar-refractivity contribution in [1.82, 2.24) is 0 Å². The number of carbonyl (C=O) groups is 2. The number of rotatable bonds is 8. The summed E-state index contributed by atoms with van der Waals surface area (Å²) in [6, 6.07) is 5.67. The van der Waals surface area contributed by atoms with Crippen molar-refractivity contribution in [2.45, 2.75) is 60.8 Å². The van der Waals surface area contributed by atoms with Gasteiger partial charge in [-0.2, -0.15) is 0 Å². The average Bonchev–Trinajstić information content (AvgIpc) is 2.80. The molecule has 7 heteroatoms. The van der Waals surface area contributed by atoms with Crippen molar-refractivity contribution in [1.29, 1.82) is 5.41 Å². The Morgan fingerprint density at radius 1 is 1.22 bits per heavy atom. The molecule has 0 aliphatic rings. The molecule has 0 aromatic heterocycles. The maximum absolute atomic E-state index is 11.8. The number of anilines is 1. The van der Waals surface area contributed by atoms with E-state index < -0.39 is 0 Å². The van der Waals surface area contributed by atoms with E-state index >= 15 is 0 Å². The Hall–Kier alpha value is -2.54. The van der Waals surface area contributed by atoms with Gasteiger partial charge in [0.2, 0.25) is 0 Å². The minimum absolute atomic E-state index is 0.0443. The number of benzene rings is 1. The number of amides is 1. The first kappa shape index (κ1) is 31.6. The standard InChI is InChI=1S/C12H14BrN3O.C9H15NO.C4H10/c1-8-3-4-10(13)5-11(8)16-12(17)9(6-14)7-15-2;1-4-7(3)9(11)8(5-2)6-10;1-3-4-2/h3-7H,14H2,1-2H3,(H,16,17);5-7,10H,4H2,1-3H3;3-4H2,1-2H3/b9-6+,15-7?;8-5+,10-6?;. The number of aliphatic imine (C=N–C) groups is 1. The Morgan fingerprint density at radius 2 is 1.81 bits per heavy atom. The summed E-state index contributed by atoms with van der Waals surface area (Å²) in [4.78, 5) is 26.9. The van der Waals surface area contributed by atoms with Gasteiger partial charge in [-0.3, -0.25) is 14.6 Å². The van der Waals surface area contributed by atoms with Crippen molar-refractivity contribution < 1.29 is 9.59 Å². The quantitative estimate of drug-likeness (QED) is 0.286. The summed E-state index contributed by atoms with van der Waals surface area (Å²) >= 11 is 3.35. The topological polar surface area (TPSA) is 108 Å². The average molecular weight is 508 g/mol. The van der Waals surface area contributed by atoms with Crippen LogP contribution in [0.5, 0.6) is 0 Å². The molecule has 4 N–H and O–H groups in total. The van der Waals surface area contributed by atoms with E-state index in [-0.39, 0.29) is 17.6 Å². The van der Waals surface area contributed by atoms with E-state index in [9.17, 15) is 9.59 Å². The third kappa shape index (κ3) is 13.0. The monoisotopic (exact) mass is 506 g/mol. The van der Waals surface area contributed by atoms with Crippen LogP contribution in [0.15, 0.2) is 51.1 Å². The van der Waals surface area contributed by atoms with Crippen molar-refractivity contribution >= 4 is 45.7 Å². The molecule has 0 bridgehead atoms. The van der Waals surface area contributed by atoms with Crippen LogP contribution in [-0.2, 0) is 9.59 Å². The zero-order valence-corrected chi connectivity index (χ0v) is 22.0. The Kier molecular flexibility index (Phi) is 19.0. The number of unbranched alkanes of at least 4 members (excludes halogenated alkanes) is 1. The minimum Gasteiger partial charge on any atom is -0.404 e. The molecule has 6 nitrogen and oxygen atoms in total. The molecule has 0 aliphatic heterocycles. The number of carbonyl (C=O) groups excluding carboxylic acids is 2. The van der Waals surface area contributed by atoms with Gasteiger partial charge in [-0.05, 0) is 38.0 Å². The van der Waals surface area contributed by atoms with Crippen LogP contribution in [0, 0.1) is 18.3 Å². The lowest BCUT2D eigenvalue weighted by Crippen LogP contribution is -2.17. The molecule has 0 spiro atoms. The number of allylic oxidation sites excluding steroid dienone is 2. The number of ketones is 1. The van der Waals surface area contributed by atoms with Gasteiger partial charge in [-0.1, -0.05) is 68.6 Å². The summed E-state index contributed by atoms with van der Waals surface area (Å²) in [5.41, 5.74) is 7.92. The third-order valence-electron chi connectivity index (χ3n) is 4.47. The molecule has 32 heavy (non-hydrogen) atoms. The van der Waals surface area contributed by atoms with E-state index in [1.54, 1.807) is 20.0 Å². The largest absolute Gasteiger partial charge is 0.404 e. The molecule has 0 radical (unpaired) electrons. The fourth-order valence-electron chi connectivity index (χ4n) is 2.01. The molecule has 1 atom stereocenters. The van der Waals surface area contributed by atoms with Gasteiger partial charge in [-0.25, -0.2) is 0 Å². The second kappa shape index (κ2) is 19.2. The van der Waals surface area contributed by atoms with Crippen LogP contribution in [0.25, 0.3) is 0 Å². The lowest BCUT2D eigenvalue weighted by Gasteiger charge is -2.08. The van der Waals surface area contributed by atoms with Crippen LogP contribution in [0.1, 0.15) is 59.4 Å². The van der Waals surface area contributed by atoms with Gasteiger partial charge >= 0.3 is 0 Å². The molecule has 0 saturated carbocycles. The summed E-state index contributed by atoms with van der Waals surface area (Å²) in [6.07, 6.45) is 8.93. The van der Waals surface area contributed by atoms with Gasteiger partial charge in [0.25, 0.3) is 5.91 Å². The smallest absolute Gasteiger partial charge is 0.258 e. The molecule has 1 aromatic carbocycles. The van der Waals surface area contributed by atoms with Gasteiger partial charge in [0.05, 0.1) is 5.57 Å². The zero-order valence-electron chi connectivity index (χ0n) is 20.5. The van der Waals surface area contributed by atoms with Crippen LogP contribution in [0.2, 0.25) is 0 Å². The molecule has 1 aromatic rings. The van der Waals surface area contributed by atoms with Crippen molar-refractivity contribution in [3.05, 3.63) is 51.7 Å². The first-order chi connectivity index (χ1) is 15.2. The van der Waals surface area contributed by atoms with E-state index in [0.29, 0.717) is 11.1 Å². The van der Waals surface area contributed by atoms with E-state index in [4.69, 9.17) is 11.1 Å². The molecule has 1 amide bonds. The third-order valence-corrected chi connectivity index (χ3v) is 4.96. The molecular formula is C25H39BrN4O2. The number of nitrogens with two attached hydrogens (primary N) is 1. The van der Waals surface area contributed by atoms with Gasteiger partial charge in [0, 0.05) is 47.3 Å². The SMILES string of the molecule is C/C=C(\C=N)C(=O)C(C)CC.CCCC.CN=C/C(=C\N)C(=O)Nc1cc(Br)ccc1C. The predicted octanol–water partition coefficient (Wildman–Crippen LogP) is 6.24. The predicted molar refractivity (Wildman–Crippen MR) is 142 cm³/mol. The summed E-state index contributed by atoms with van der Waals surface area (Å²) < 4.78 is 0.904. The number of halogens is 1. The summed E-state index contributed by atoms with van der Waals surface area (Å²) in [6.45, 7) is 11.9. The van der Waals surface area contributed by atoms with E-state index in [1.165, 1.54) is 25.3 Å². The molecule has 0 aliphatic carbocycles. The number of Topliss-reactive ketones (excluding diaryl/α,β-unsaturated/α-hetero) is 1. The highest BCUT2D eigenvalue weighted by molar-refractivity contribution is 9.10. The van der Waals surface area contributed by atoms with Gasteiger partial charge in [-0.15, -0.1) is 0 Å². The maximum Gasteiger partial charge on any atom is 0.258 e. The van der Waals surface area contributed by atoms with Crippen LogP contribution < -0.4 is 11.1 Å². The Balaban J connectivity index is 0. The molecule has 1 rings (SSSR count). The van der Waals surface area contributed by atoms with E-state index in [1.807, 2.05) is 39.0 Å². The van der Waals surface area contributed by atoms with Crippen molar-refractivity contribution in [2.24, 2.45) is 16.6 Å². The molecule has 1 unspecified atom stereocenters. The lowest BCUT2D eigenvalue weighted by atomic mass is 9.98. The number of aryl methyl sites for hydroxylation is 1. The van der Waals surface area contributed by atoms with Crippen LogP contribution >= 0.6 is 15.9 Å². The van der Waals surface area contributed by atoms with Gasteiger partial charge in [0.1, 0.15) is 0 Å². The Bertz CT molecular complexity index is 812. The van der Waals surface area contributed by atoms with E-state index in [0.717, 1.165) is 28.4 Å². The molecule has 178 valence electrons. The minimum atomic E-state index is -0.278. The highest BCUT2D eigenvalue weighted by atomic mass is 79.9. The highest BCUT2D eigenvalue weighted by Crippen LogP contribution is 2.20. The number of hydrogen-bond donors (Lipinski definition) is 3. The maximum atomic E-state index is 11.8. The molecule has 0 heterocycles. The van der Waals surface area contributed by atoms with E-state index in [2.05, 4.69) is 40.1 Å². The number of nitrogens with zero attached hydrogens (tertiary/aromatic N) is 1. The molecule has 0 fully saturated rings. The normalized spacial score (nSPS) is 12.1. The zero-order chi connectivity index (χ0) is 25.1. The lowest BCUT2D eigenvalue weighted by molar-refractivity contribution is -0.118. The van der Waals surface area contributed by atoms with Crippen LogP contribution in [-0.4, -0.2) is 31.2 Å². The molecule has 0 saturated heterocycles. The summed E-state index contributed by atoms with van der Waals surface area (Å²) in [7, 11) is 1.58. The van der Waals surface area contributed by atoms with Gasteiger partial charge < -0.3 is 16.5 Å². The second-order valence-electron chi connectivity index (χ2n) is 6.98. The van der Waals surface area contributed by atoms with Crippen LogP contribution in [0.3, 0.4) is 0 Å². The Labute approximate surface area is 202 Å². The van der Waals surface area contributed by atoms with Crippen molar-refractivity contribution in [2.75, 3.05) is 12.4 Å². The first-order valence-electron chi connectivity index (χ1n) is 10.8.